The second-order valence-corrected chi connectivity index (χ2v) is 8.14. The Kier molecular flexibility index (Phi) is 6.26. The van der Waals surface area contributed by atoms with Crippen molar-refractivity contribution in [1.29, 1.82) is 0 Å². The van der Waals surface area contributed by atoms with Crippen LogP contribution in [0.3, 0.4) is 0 Å². The number of carbonyl (C=O) groups excluding carboxylic acids is 1. The number of aromatic nitrogens is 2. The van der Waals surface area contributed by atoms with E-state index in [1.807, 2.05) is 67.6 Å². The minimum atomic E-state index is -0.0700. The molecule has 2 heterocycles. The summed E-state index contributed by atoms with van der Waals surface area (Å²) >= 11 is 7.73. The number of halogens is 1. The number of pyridine rings is 1. The highest BCUT2D eigenvalue weighted by molar-refractivity contribution is 7.22. The SMILES string of the molecule is Cc1c(Cl)ccc2sc(N(Cc3ccccn3)C(=O)CCOc3ccccc3)nc12. The fourth-order valence-corrected chi connectivity index (χ4v) is 4.22. The van der Waals surface area contributed by atoms with Crippen molar-refractivity contribution in [2.75, 3.05) is 11.5 Å². The van der Waals surface area contributed by atoms with Gasteiger partial charge in [-0.3, -0.25) is 14.7 Å². The van der Waals surface area contributed by atoms with Crippen LogP contribution in [-0.4, -0.2) is 22.5 Å². The van der Waals surface area contributed by atoms with Gasteiger partial charge in [-0.15, -0.1) is 0 Å². The van der Waals surface area contributed by atoms with Gasteiger partial charge in [-0.1, -0.05) is 47.2 Å². The molecule has 0 radical (unpaired) electrons. The summed E-state index contributed by atoms with van der Waals surface area (Å²) in [7, 11) is 0. The summed E-state index contributed by atoms with van der Waals surface area (Å²) < 4.78 is 6.70. The van der Waals surface area contributed by atoms with Crippen LogP contribution in [-0.2, 0) is 11.3 Å². The molecule has 0 saturated carbocycles. The Morgan fingerprint density at radius 1 is 1.10 bits per heavy atom. The molecule has 2 aromatic carbocycles. The van der Waals surface area contributed by atoms with E-state index in [9.17, 15) is 4.79 Å². The van der Waals surface area contributed by atoms with Gasteiger partial charge >= 0.3 is 0 Å². The van der Waals surface area contributed by atoms with E-state index in [-0.39, 0.29) is 18.9 Å². The number of anilines is 1. The van der Waals surface area contributed by atoms with Crippen LogP contribution < -0.4 is 9.64 Å². The number of thiazole rings is 1. The van der Waals surface area contributed by atoms with E-state index in [4.69, 9.17) is 21.3 Å². The summed E-state index contributed by atoms with van der Waals surface area (Å²) in [5, 5.41) is 1.30. The standard InChI is InChI=1S/C23H20ClN3O2S/c1-16-19(24)10-11-20-22(16)26-23(30-20)27(15-17-7-5-6-13-25-17)21(28)12-14-29-18-8-3-2-4-9-18/h2-11,13H,12,14-15H2,1H3. The minimum absolute atomic E-state index is 0.0700. The highest BCUT2D eigenvalue weighted by Crippen LogP contribution is 2.34. The lowest BCUT2D eigenvalue weighted by atomic mass is 10.2. The normalized spacial score (nSPS) is 10.9. The van der Waals surface area contributed by atoms with Crippen molar-refractivity contribution in [3.8, 4) is 5.75 Å². The van der Waals surface area contributed by atoms with Crippen molar-refractivity contribution in [2.24, 2.45) is 0 Å². The summed E-state index contributed by atoms with van der Waals surface area (Å²) in [6.45, 7) is 2.57. The number of hydrogen-bond acceptors (Lipinski definition) is 5. The summed E-state index contributed by atoms with van der Waals surface area (Å²) in [4.78, 5) is 23.9. The van der Waals surface area contributed by atoms with E-state index >= 15 is 0 Å². The summed E-state index contributed by atoms with van der Waals surface area (Å²) in [5.74, 6) is 0.672. The lowest BCUT2D eigenvalue weighted by molar-refractivity contribution is -0.119. The summed E-state index contributed by atoms with van der Waals surface area (Å²) in [5.41, 5.74) is 2.53. The van der Waals surface area contributed by atoms with Gasteiger partial charge < -0.3 is 4.74 Å². The molecule has 0 aliphatic rings. The number of rotatable bonds is 7. The van der Waals surface area contributed by atoms with Crippen molar-refractivity contribution in [2.45, 2.75) is 19.9 Å². The van der Waals surface area contributed by atoms with Crippen molar-refractivity contribution >= 4 is 44.2 Å². The van der Waals surface area contributed by atoms with Crippen LogP contribution in [0, 0.1) is 6.92 Å². The first-order valence-electron chi connectivity index (χ1n) is 9.55. The molecule has 30 heavy (non-hydrogen) atoms. The fraction of sp³-hybridized carbons (Fsp3) is 0.174. The van der Waals surface area contributed by atoms with Gasteiger partial charge in [-0.25, -0.2) is 4.98 Å². The van der Waals surface area contributed by atoms with Crippen LogP contribution in [0.4, 0.5) is 5.13 Å². The van der Waals surface area contributed by atoms with E-state index in [1.54, 1.807) is 11.1 Å². The molecule has 4 aromatic rings. The monoisotopic (exact) mass is 437 g/mol. The Balaban J connectivity index is 1.57. The first-order valence-corrected chi connectivity index (χ1v) is 10.7. The van der Waals surface area contributed by atoms with Crippen molar-refractivity contribution in [3.05, 3.63) is 83.1 Å². The molecule has 0 spiro atoms. The molecule has 0 N–H and O–H groups in total. The average molecular weight is 438 g/mol. The molecule has 0 bridgehead atoms. The Labute approximate surface area is 183 Å². The number of ether oxygens (including phenoxy) is 1. The number of amides is 1. The zero-order chi connectivity index (χ0) is 20.9. The Morgan fingerprint density at radius 3 is 2.67 bits per heavy atom. The zero-order valence-electron chi connectivity index (χ0n) is 16.4. The fourth-order valence-electron chi connectivity index (χ4n) is 3.03. The van der Waals surface area contributed by atoms with Crippen LogP contribution in [0.15, 0.2) is 66.9 Å². The van der Waals surface area contributed by atoms with Gasteiger partial charge in [0.1, 0.15) is 5.75 Å². The van der Waals surface area contributed by atoms with Gasteiger partial charge in [0.2, 0.25) is 5.91 Å². The first-order chi connectivity index (χ1) is 14.6. The quantitative estimate of drug-likeness (QED) is 0.374. The largest absolute Gasteiger partial charge is 0.493 e. The smallest absolute Gasteiger partial charge is 0.232 e. The number of nitrogens with zero attached hydrogens (tertiary/aromatic N) is 3. The summed E-state index contributed by atoms with van der Waals surface area (Å²) in [6, 6.07) is 18.9. The zero-order valence-corrected chi connectivity index (χ0v) is 18.0. The molecule has 0 atom stereocenters. The van der Waals surface area contributed by atoms with Crippen LogP contribution >= 0.6 is 22.9 Å². The molecule has 4 rings (SSSR count). The highest BCUT2D eigenvalue weighted by Gasteiger charge is 2.21. The second kappa shape index (κ2) is 9.24. The number of benzene rings is 2. The predicted octanol–water partition coefficient (Wildman–Crippen LogP) is 5.66. The molecule has 7 heteroatoms. The van der Waals surface area contributed by atoms with Gasteiger partial charge in [-0.2, -0.15) is 0 Å². The van der Waals surface area contributed by atoms with Crippen molar-refractivity contribution in [1.82, 2.24) is 9.97 Å². The van der Waals surface area contributed by atoms with Crippen molar-refractivity contribution in [3.63, 3.8) is 0 Å². The lowest BCUT2D eigenvalue weighted by Crippen LogP contribution is -2.31. The third-order valence-electron chi connectivity index (χ3n) is 4.64. The topological polar surface area (TPSA) is 55.3 Å². The lowest BCUT2D eigenvalue weighted by Gasteiger charge is -2.19. The number of hydrogen-bond donors (Lipinski definition) is 0. The van der Waals surface area contributed by atoms with E-state index in [2.05, 4.69) is 4.98 Å². The third kappa shape index (κ3) is 4.61. The van der Waals surface area contributed by atoms with Gasteiger partial charge in [0.25, 0.3) is 0 Å². The molecular formula is C23H20ClN3O2S. The first kappa shape index (κ1) is 20.3. The van der Waals surface area contributed by atoms with Gasteiger partial charge in [0.05, 0.1) is 35.5 Å². The number of fused-ring (bicyclic) bond motifs is 1. The van der Waals surface area contributed by atoms with Crippen LogP contribution in [0.25, 0.3) is 10.2 Å². The minimum Gasteiger partial charge on any atom is -0.493 e. The van der Waals surface area contributed by atoms with E-state index in [0.717, 1.165) is 27.2 Å². The summed E-state index contributed by atoms with van der Waals surface area (Å²) in [6.07, 6.45) is 1.95. The Morgan fingerprint density at radius 2 is 1.90 bits per heavy atom. The number of para-hydroxylation sites is 1. The molecular weight excluding hydrogens is 418 g/mol. The Hall–Kier alpha value is -2.96. The maximum absolute atomic E-state index is 13.1. The molecule has 0 aliphatic heterocycles. The molecule has 0 fully saturated rings. The molecule has 152 valence electrons. The van der Waals surface area contributed by atoms with E-state index in [1.165, 1.54) is 11.3 Å². The predicted molar refractivity (Wildman–Crippen MR) is 121 cm³/mol. The third-order valence-corrected chi connectivity index (χ3v) is 6.10. The van der Waals surface area contributed by atoms with Crippen molar-refractivity contribution < 1.29 is 9.53 Å². The molecule has 0 saturated heterocycles. The number of aryl methyl sites for hydroxylation is 1. The highest BCUT2D eigenvalue weighted by atomic mass is 35.5. The maximum atomic E-state index is 13.1. The van der Waals surface area contributed by atoms with Gasteiger partial charge in [0.15, 0.2) is 5.13 Å². The average Bonchev–Trinajstić information content (AvgIpc) is 3.21. The number of carbonyl (C=O) groups is 1. The van der Waals surface area contributed by atoms with Gasteiger partial charge in [0, 0.05) is 11.2 Å². The Bertz CT molecular complexity index is 1150. The maximum Gasteiger partial charge on any atom is 0.232 e. The van der Waals surface area contributed by atoms with Crippen LogP contribution in [0.5, 0.6) is 5.75 Å². The molecule has 5 nitrogen and oxygen atoms in total. The molecule has 0 unspecified atom stereocenters. The van der Waals surface area contributed by atoms with Crippen LogP contribution in [0.2, 0.25) is 5.02 Å². The molecule has 1 amide bonds. The van der Waals surface area contributed by atoms with E-state index in [0.29, 0.717) is 16.7 Å². The van der Waals surface area contributed by atoms with Gasteiger partial charge in [-0.05, 0) is 48.9 Å². The van der Waals surface area contributed by atoms with Crippen LogP contribution in [0.1, 0.15) is 17.7 Å². The molecule has 2 aromatic heterocycles. The second-order valence-electron chi connectivity index (χ2n) is 6.73. The van der Waals surface area contributed by atoms with E-state index < -0.39 is 0 Å². The molecule has 0 aliphatic carbocycles.